The Balaban J connectivity index is 2.43. The Labute approximate surface area is 97.6 Å². The van der Waals surface area contributed by atoms with Gasteiger partial charge in [0.1, 0.15) is 0 Å². The van der Waals surface area contributed by atoms with Crippen molar-refractivity contribution in [1.82, 2.24) is 14.7 Å². The highest BCUT2D eigenvalue weighted by Crippen LogP contribution is 2.05. The molecule has 1 saturated heterocycles. The lowest BCUT2D eigenvalue weighted by atomic mass is 10.4. The first-order valence-corrected chi connectivity index (χ1v) is 6.02. The van der Waals surface area contributed by atoms with E-state index in [-0.39, 0.29) is 12.6 Å². The van der Waals surface area contributed by atoms with Crippen LogP contribution in [0.25, 0.3) is 0 Å². The minimum absolute atomic E-state index is 0.119. The maximum atomic E-state index is 11.9. The number of carbonyl (C=O) groups excluding carboxylic acids is 1. The van der Waals surface area contributed by atoms with Gasteiger partial charge in [-0.25, -0.2) is 4.79 Å². The maximum absolute atomic E-state index is 11.9. The lowest BCUT2D eigenvalue weighted by Crippen LogP contribution is -2.43. The molecule has 0 aromatic heterocycles. The minimum atomic E-state index is 0.119. The summed E-state index contributed by atoms with van der Waals surface area (Å²) in [5.41, 5.74) is 0. The van der Waals surface area contributed by atoms with Crippen LogP contribution in [0.1, 0.15) is 13.3 Å². The maximum Gasteiger partial charge on any atom is 0.319 e. The molecule has 0 unspecified atom stereocenters. The number of hydrogen-bond acceptors (Lipinski definition) is 3. The van der Waals surface area contributed by atoms with Crippen molar-refractivity contribution in [3.63, 3.8) is 0 Å². The molecule has 0 spiro atoms. The van der Waals surface area contributed by atoms with E-state index in [0.717, 1.165) is 39.1 Å². The third-order valence-corrected chi connectivity index (χ3v) is 3.08. The lowest BCUT2D eigenvalue weighted by Gasteiger charge is -2.26. The Hall–Kier alpha value is -0.810. The van der Waals surface area contributed by atoms with Crippen LogP contribution in [0.2, 0.25) is 0 Å². The summed E-state index contributed by atoms with van der Waals surface area (Å²) < 4.78 is 0. The molecule has 1 aliphatic rings. The van der Waals surface area contributed by atoms with Gasteiger partial charge in [0.2, 0.25) is 0 Å². The first-order valence-electron chi connectivity index (χ1n) is 6.02. The van der Waals surface area contributed by atoms with Crippen molar-refractivity contribution in [2.75, 3.05) is 52.9 Å². The monoisotopic (exact) mass is 229 g/mol. The Kier molecular flexibility index (Phi) is 5.55. The summed E-state index contributed by atoms with van der Waals surface area (Å²) in [7, 11) is 1.83. The van der Waals surface area contributed by atoms with Gasteiger partial charge < -0.3 is 14.9 Å². The van der Waals surface area contributed by atoms with Crippen molar-refractivity contribution >= 4 is 6.03 Å². The molecule has 0 radical (unpaired) electrons. The molecule has 0 atom stereocenters. The van der Waals surface area contributed by atoms with Crippen molar-refractivity contribution in [3.05, 3.63) is 0 Å². The van der Waals surface area contributed by atoms with Gasteiger partial charge in [-0.3, -0.25) is 4.90 Å². The second-order valence-electron chi connectivity index (χ2n) is 4.20. The average molecular weight is 229 g/mol. The summed E-state index contributed by atoms with van der Waals surface area (Å²) in [5.74, 6) is 0. The van der Waals surface area contributed by atoms with E-state index >= 15 is 0 Å². The van der Waals surface area contributed by atoms with Crippen molar-refractivity contribution in [2.45, 2.75) is 13.3 Å². The molecule has 0 aromatic carbocycles. The lowest BCUT2D eigenvalue weighted by molar-refractivity contribution is 0.163. The number of β-amino-alcohol motifs (C(OH)–C–C–N with tert-alkyl or cyclic N) is 1. The molecule has 1 rings (SSSR count). The van der Waals surface area contributed by atoms with E-state index < -0.39 is 0 Å². The SMILES string of the molecule is CCN(C)C(=O)N1CCCN(CCO)CC1. The van der Waals surface area contributed by atoms with Crippen LogP contribution in [-0.2, 0) is 0 Å². The Bertz CT molecular complexity index is 223. The van der Waals surface area contributed by atoms with Gasteiger partial charge in [-0.1, -0.05) is 0 Å². The molecule has 0 saturated carbocycles. The van der Waals surface area contributed by atoms with E-state index in [4.69, 9.17) is 5.11 Å². The fraction of sp³-hybridized carbons (Fsp3) is 0.909. The summed E-state index contributed by atoms with van der Waals surface area (Å²) in [4.78, 5) is 17.8. The van der Waals surface area contributed by atoms with Gasteiger partial charge in [0.25, 0.3) is 0 Å². The molecular formula is C11H23N3O2. The van der Waals surface area contributed by atoms with Gasteiger partial charge in [0.05, 0.1) is 6.61 Å². The first kappa shape index (κ1) is 13.3. The zero-order chi connectivity index (χ0) is 12.0. The van der Waals surface area contributed by atoms with Gasteiger partial charge >= 0.3 is 6.03 Å². The molecular weight excluding hydrogens is 206 g/mol. The Morgan fingerprint density at radius 2 is 2.06 bits per heavy atom. The number of amides is 2. The van der Waals surface area contributed by atoms with Crippen molar-refractivity contribution < 1.29 is 9.90 Å². The van der Waals surface area contributed by atoms with Gasteiger partial charge in [-0.05, 0) is 19.9 Å². The molecule has 1 aliphatic heterocycles. The molecule has 2 amide bonds. The summed E-state index contributed by atoms with van der Waals surface area (Å²) >= 11 is 0. The van der Waals surface area contributed by atoms with Crippen LogP contribution >= 0.6 is 0 Å². The van der Waals surface area contributed by atoms with Crippen molar-refractivity contribution in [2.24, 2.45) is 0 Å². The van der Waals surface area contributed by atoms with Crippen LogP contribution in [0, 0.1) is 0 Å². The average Bonchev–Trinajstić information content (AvgIpc) is 2.53. The highest BCUT2D eigenvalue weighted by atomic mass is 16.3. The quantitative estimate of drug-likeness (QED) is 0.744. The third kappa shape index (κ3) is 3.64. The molecule has 0 aliphatic carbocycles. The Morgan fingerprint density at radius 1 is 1.31 bits per heavy atom. The van der Waals surface area contributed by atoms with E-state index in [9.17, 15) is 4.79 Å². The van der Waals surface area contributed by atoms with E-state index in [1.54, 1.807) is 4.90 Å². The topological polar surface area (TPSA) is 47.0 Å². The number of nitrogens with zero attached hydrogens (tertiary/aromatic N) is 3. The highest BCUT2D eigenvalue weighted by molar-refractivity contribution is 5.74. The second-order valence-corrected chi connectivity index (χ2v) is 4.20. The second kappa shape index (κ2) is 6.70. The zero-order valence-electron chi connectivity index (χ0n) is 10.4. The van der Waals surface area contributed by atoms with Crippen LogP contribution in [-0.4, -0.2) is 78.8 Å². The Morgan fingerprint density at radius 3 is 2.69 bits per heavy atom. The molecule has 1 N–H and O–H groups in total. The van der Waals surface area contributed by atoms with Crippen molar-refractivity contribution in [3.8, 4) is 0 Å². The van der Waals surface area contributed by atoms with E-state index in [1.165, 1.54) is 0 Å². The van der Waals surface area contributed by atoms with E-state index in [1.807, 2.05) is 18.9 Å². The van der Waals surface area contributed by atoms with Gasteiger partial charge in [-0.2, -0.15) is 0 Å². The van der Waals surface area contributed by atoms with Crippen LogP contribution in [0.3, 0.4) is 0 Å². The van der Waals surface area contributed by atoms with Gasteiger partial charge in [-0.15, -0.1) is 0 Å². The van der Waals surface area contributed by atoms with E-state index in [0.29, 0.717) is 6.54 Å². The smallest absolute Gasteiger partial charge is 0.319 e. The normalized spacial score (nSPS) is 18.3. The molecule has 94 valence electrons. The molecule has 0 aromatic rings. The fourth-order valence-electron chi connectivity index (χ4n) is 1.90. The summed E-state index contributed by atoms with van der Waals surface area (Å²) in [6.45, 7) is 7.07. The predicted molar refractivity (Wildman–Crippen MR) is 63.4 cm³/mol. The van der Waals surface area contributed by atoms with Crippen LogP contribution < -0.4 is 0 Å². The summed E-state index contributed by atoms with van der Waals surface area (Å²) in [6, 6.07) is 0.119. The van der Waals surface area contributed by atoms with Gasteiger partial charge in [0, 0.05) is 39.8 Å². The molecule has 1 heterocycles. The number of hydrogen-bond donors (Lipinski definition) is 1. The van der Waals surface area contributed by atoms with Crippen molar-refractivity contribution in [1.29, 1.82) is 0 Å². The van der Waals surface area contributed by atoms with Gasteiger partial charge in [0.15, 0.2) is 0 Å². The third-order valence-electron chi connectivity index (χ3n) is 3.08. The number of aliphatic hydroxyl groups excluding tert-OH is 1. The summed E-state index contributed by atoms with van der Waals surface area (Å²) in [5, 5.41) is 8.88. The predicted octanol–water partition coefficient (Wildman–Crippen LogP) is 0.0581. The molecule has 0 bridgehead atoms. The molecule has 5 heteroatoms. The fourth-order valence-corrected chi connectivity index (χ4v) is 1.90. The molecule has 1 fully saturated rings. The zero-order valence-corrected chi connectivity index (χ0v) is 10.4. The molecule has 5 nitrogen and oxygen atoms in total. The number of carbonyl (C=O) groups is 1. The number of rotatable bonds is 3. The number of aliphatic hydroxyl groups is 1. The minimum Gasteiger partial charge on any atom is -0.395 e. The van der Waals surface area contributed by atoms with Crippen LogP contribution in [0.5, 0.6) is 0 Å². The largest absolute Gasteiger partial charge is 0.395 e. The van der Waals surface area contributed by atoms with E-state index in [2.05, 4.69) is 4.90 Å². The first-order chi connectivity index (χ1) is 7.69. The molecule has 16 heavy (non-hydrogen) atoms. The number of urea groups is 1. The van der Waals surface area contributed by atoms with Crippen LogP contribution in [0.15, 0.2) is 0 Å². The highest BCUT2D eigenvalue weighted by Gasteiger charge is 2.20. The standard InChI is InChI=1S/C11H23N3O2/c1-3-12(2)11(16)14-6-4-5-13(7-8-14)9-10-15/h15H,3-10H2,1-2H3. The van der Waals surface area contributed by atoms with Crippen LogP contribution in [0.4, 0.5) is 4.79 Å². The summed E-state index contributed by atoms with van der Waals surface area (Å²) in [6.07, 6.45) is 0.989.